The lowest BCUT2D eigenvalue weighted by atomic mass is 9.97. The third kappa shape index (κ3) is 9.52. The zero-order valence-corrected chi connectivity index (χ0v) is 32.8. The summed E-state index contributed by atoms with van der Waals surface area (Å²) in [6.45, 7) is 16.6. The summed E-state index contributed by atoms with van der Waals surface area (Å²) in [4.78, 5) is 81.8. The minimum atomic E-state index is -1.36. The van der Waals surface area contributed by atoms with Gasteiger partial charge in [0.25, 0.3) is 11.8 Å². The minimum Gasteiger partial charge on any atom is -0.477 e. The lowest BCUT2D eigenvalue weighted by molar-refractivity contribution is -0.133. The maximum Gasteiger partial charge on any atom is 0.271 e. The highest BCUT2D eigenvalue weighted by Gasteiger charge is 2.37. The number of thiazole rings is 2. The van der Waals surface area contributed by atoms with Gasteiger partial charge in [-0.05, 0) is 30.6 Å². The number of fused-ring (bicyclic) bond motifs is 5. The van der Waals surface area contributed by atoms with Gasteiger partial charge in [-0.1, -0.05) is 68.2 Å². The molecule has 2 unspecified atom stereocenters. The van der Waals surface area contributed by atoms with Gasteiger partial charge < -0.3 is 36.4 Å². The van der Waals surface area contributed by atoms with Crippen molar-refractivity contribution in [1.82, 2.24) is 36.6 Å². The number of hydrogen-bond donors (Lipinski definition) is 6. The molecule has 0 aromatic carbocycles. The van der Waals surface area contributed by atoms with E-state index in [2.05, 4.69) is 41.5 Å². The number of nitrogens with zero attached hydrogens (tertiary/aromatic N) is 3. The van der Waals surface area contributed by atoms with Crippen LogP contribution in [0, 0.1) is 23.7 Å². The Morgan fingerprint density at radius 1 is 0.673 bits per heavy atom. The Morgan fingerprint density at radius 3 is 1.60 bits per heavy atom. The largest absolute Gasteiger partial charge is 0.477 e. The van der Waals surface area contributed by atoms with Crippen LogP contribution in [0.5, 0.6) is 0 Å². The summed E-state index contributed by atoms with van der Waals surface area (Å²) in [5, 5.41) is 29.1. The van der Waals surface area contributed by atoms with Crippen LogP contribution in [0.25, 0.3) is 0 Å². The van der Waals surface area contributed by atoms with E-state index in [9.17, 15) is 29.1 Å². The van der Waals surface area contributed by atoms with Crippen LogP contribution in [-0.4, -0.2) is 87.4 Å². The average molecular weight is 761 g/mol. The summed E-state index contributed by atoms with van der Waals surface area (Å²) in [6, 6.07) is -5.14. The number of carbonyl (C=O) groups excluding carboxylic acids is 5. The molecule has 2 aliphatic heterocycles. The van der Waals surface area contributed by atoms with E-state index in [1.54, 1.807) is 17.7 Å². The van der Waals surface area contributed by atoms with Gasteiger partial charge in [-0.2, -0.15) is 0 Å². The molecule has 286 valence electrons. The summed E-state index contributed by atoms with van der Waals surface area (Å²) >= 11 is 2.40. The fourth-order valence-electron chi connectivity index (χ4n) is 5.75. The first-order valence-corrected chi connectivity index (χ1v) is 19.6. The Balaban J connectivity index is 1.76. The third-order valence-electron chi connectivity index (χ3n) is 9.56. The fourth-order valence-corrected chi connectivity index (χ4v) is 7.79. The number of hydrogen-bond acceptors (Lipinski definition) is 12. The van der Waals surface area contributed by atoms with Crippen molar-refractivity contribution in [3.63, 3.8) is 0 Å². The summed E-state index contributed by atoms with van der Waals surface area (Å²) in [5.74, 6) is -3.24. The summed E-state index contributed by atoms with van der Waals surface area (Å²) < 4.78 is 5.92. The van der Waals surface area contributed by atoms with Crippen molar-refractivity contribution in [3.05, 3.63) is 32.2 Å². The number of carbonyl (C=O) groups is 5. The molecule has 4 heterocycles. The molecule has 17 heteroatoms. The van der Waals surface area contributed by atoms with E-state index in [-0.39, 0.29) is 53.5 Å². The highest BCUT2D eigenvalue weighted by molar-refractivity contribution is 7.10. The maximum absolute atomic E-state index is 13.7. The van der Waals surface area contributed by atoms with Crippen LogP contribution in [0.4, 0.5) is 0 Å². The molecule has 15 nitrogen and oxygen atoms in total. The van der Waals surface area contributed by atoms with Crippen LogP contribution in [0.1, 0.15) is 118 Å². The number of amides is 5. The van der Waals surface area contributed by atoms with Gasteiger partial charge >= 0.3 is 0 Å². The molecule has 0 aliphatic carbocycles. The summed E-state index contributed by atoms with van der Waals surface area (Å²) in [6.07, 6.45) is -0.0816. The SMILES string of the molecule is CCC(C)[C@@H]1NC(=O)c2csc(n2)[C@@H](C(C)C)NC(=O)[C@@H]2COC(=N2)[C@H](C(C)CC)NC(=O)c2csc(n2)[C@@H](C(C)C)NC(=O)[C@H]([C@@H](C)O)NC1=O. The lowest BCUT2D eigenvalue weighted by Gasteiger charge is -2.29. The molecule has 4 rings (SSSR count). The first-order valence-electron chi connectivity index (χ1n) is 17.9. The van der Waals surface area contributed by atoms with Gasteiger partial charge in [0.2, 0.25) is 23.6 Å². The molecule has 2 aromatic heterocycles. The van der Waals surface area contributed by atoms with Gasteiger partial charge in [-0.3, -0.25) is 24.0 Å². The first kappa shape index (κ1) is 40.8. The van der Waals surface area contributed by atoms with E-state index in [1.807, 2.05) is 48.5 Å². The standard InChI is InChI=1S/C35H52N8O7S2/c1-10-17(7)25-31(48)43-27(19(9)44)32(49)40-24(16(5)6)35-38-22(14-52-35)30(47)42-26(18(8)11-2)33-36-20(12-50-33)28(45)39-23(15(3)4)34-37-21(13-51-34)29(46)41-25/h13-20,23-27,44H,10-12H2,1-9H3,(H,39,45)(H,40,49)(H,41,46)(H,42,47)(H,43,48)/t17?,18?,19-,20+,23-,24-,25+,26+,27+/m1/s1. The Labute approximate surface area is 312 Å². The second-order valence-corrected chi connectivity index (χ2v) is 16.1. The molecule has 2 aromatic rings. The minimum absolute atomic E-state index is 0.0105. The van der Waals surface area contributed by atoms with E-state index in [1.165, 1.54) is 29.6 Å². The van der Waals surface area contributed by atoms with Gasteiger partial charge in [0, 0.05) is 10.8 Å². The highest BCUT2D eigenvalue weighted by atomic mass is 32.1. The molecule has 0 saturated carbocycles. The van der Waals surface area contributed by atoms with Crippen molar-refractivity contribution in [1.29, 1.82) is 0 Å². The highest BCUT2D eigenvalue weighted by Crippen LogP contribution is 2.28. The van der Waals surface area contributed by atoms with E-state index in [0.717, 1.165) is 0 Å². The fraction of sp³-hybridized carbons (Fsp3) is 0.657. The second-order valence-electron chi connectivity index (χ2n) is 14.3. The Bertz CT molecular complexity index is 1640. The Hall–Kier alpha value is -3.96. The topological polar surface area (TPSA) is 213 Å². The van der Waals surface area contributed by atoms with Gasteiger partial charge in [0.15, 0.2) is 6.04 Å². The third-order valence-corrected chi connectivity index (χ3v) is 11.4. The molecule has 6 N–H and O–H groups in total. The summed E-state index contributed by atoms with van der Waals surface area (Å²) in [5.41, 5.74) is 0.199. The number of aliphatic hydroxyl groups is 1. The average Bonchev–Trinajstić information content (AvgIpc) is 3.89. The van der Waals surface area contributed by atoms with Crippen LogP contribution in [0.2, 0.25) is 0 Å². The van der Waals surface area contributed by atoms with Crippen molar-refractivity contribution in [2.45, 2.75) is 118 Å². The van der Waals surface area contributed by atoms with E-state index >= 15 is 0 Å². The second kappa shape index (κ2) is 17.7. The van der Waals surface area contributed by atoms with E-state index in [0.29, 0.717) is 22.9 Å². The van der Waals surface area contributed by atoms with Crippen LogP contribution in [-0.2, 0) is 19.1 Å². The van der Waals surface area contributed by atoms with Crippen molar-refractivity contribution >= 4 is 58.1 Å². The molecule has 0 fully saturated rings. The maximum atomic E-state index is 13.7. The van der Waals surface area contributed by atoms with Crippen molar-refractivity contribution in [3.8, 4) is 0 Å². The quantitative estimate of drug-likeness (QED) is 0.245. The van der Waals surface area contributed by atoms with Crippen molar-refractivity contribution < 1.29 is 33.8 Å². The van der Waals surface area contributed by atoms with Crippen LogP contribution < -0.4 is 26.6 Å². The van der Waals surface area contributed by atoms with E-state index < -0.39 is 66.0 Å². The van der Waals surface area contributed by atoms with Gasteiger partial charge in [-0.15, -0.1) is 22.7 Å². The number of aromatic nitrogens is 2. The Kier molecular flexibility index (Phi) is 13.9. The van der Waals surface area contributed by atoms with E-state index in [4.69, 9.17) is 4.74 Å². The smallest absolute Gasteiger partial charge is 0.271 e. The number of rotatable bonds is 7. The normalized spacial score (nSPS) is 26.9. The molecule has 0 saturated heterocycles. The molecular formula is C35H52N8O7S2. The van der Waals surface area contributed by atoms with Crippen LogP contribution in [0.3, 0.4) is 0 Å². The monoisotopic (exact) mass is 760 g/mol. The summed E-state index contributed by atoms with van der Waals surface area (Å²) in [7, 11) is 0. The predicted octanol–water partition coefficient (Wildman–Crippen LogP) is 2.89. The van der Waals surface area contributed by atoms with Crippen molar-refractivity contribution in [2.75, 3.05) is 6.61 Å². The zero-order chi connectivity index (χ0) is 38.4. The molecular weight excluding hydrogens is 709 g/mol. The number of ether oxygens (including phenoxy) is 1. The number of aliphatic hydroxyl groups excluding tert-OH is 1. The molecule has 2 aliphatic rings. The zero-order valence-electron chi connectivity index (χ0n) is 31.2. The van der Waals surface area contributed by atoms with Gasteiger partial charge in [-0.25, -0.2) is 15.0 Å². The lowest BCUT2D eigenvalue weighted by Crippen LogP contribution is -2.59. The molecule has 0 spiro atoms. The van der Waals surface area contributed by atoms with Gasteiger partial charge in [0.1, 0.15) is 46.1 Å². The number of aliphatic imine (C=N–C) groups is 1. The molecule has 52 heavy (non-hydrogen) atoms. The predicted molar refractivity (Wildman–Crippen MR) is 198 cm³/mol. The molecule has 0 radical (unpaired) electrons. The van der Waals surface area contributed by atoms with Crippen molar-refractivity contribution in [2.24, 2.45) is 28.7 Å². The molecule has 5 amide bonds. The molecule has 6 bridgehead atoms. The van der Waals surface area contributed by atoms with Crippen LogP contribution in [0.15, 0.2) is 15.8 Å². The Morgan fingerprint density at radius 2 is 1.12 bits per heavy atom. The van der Waals surface area contributed by atoms with Crippen LogP contribution >= 0.6 is 22.7 Å². The first-order chi connectivity index (χ1) is 24.6. The molecule has 9 atom stereocenters. The number of nitrogens with one attached hydrogen (secondary N) is 5. The van der Waals surface area contributed by atoms with Gasteiger partial charge in [0.05, 0.1) is 18.2 Å².